The molecule has 6 heteroatoms. The fourth-order valence-electron chi connectivity index (χ4n) is 3.91. The van der Waals surface area contributed by atoms with E-state index in [9.17, 15) is 9.59 Å². The smallest absolute Gasteiger partial charge is 0.242 e. The molecular formula is C24H34ClN3O2. The molecule has 2 aromatic rings. The normalized spacial score (nSPS) is 16.5. The molecule has 164 valence electrons. The molecular weight excluding hydrogens is 398 g/mol. The highest BCUT2D eigenvalue weighted by molar-refractivity contribution is 5.89. The summed E-state index contributed by atoms with van der Waals surface area (Å²) in [4.78, 5) is 25.4. The molecule has 0 saturated carbocycles. The van der Waals surface area contributed by atoms with Gasteiger partial charge in [0.1, 0.15) is 6.04 Å². The number of piperidine rings is 1. The van der Waals surface area contributed by atoms with Crippen LogP contribution in [-0.2, 0) is 16.0 Å². The molecule has 0 spiro atoms. The Kier molecular flexibility index (Phi) is 8.68. The first-order chi connectivity index (χ1) is 13.9. The lowest BCUT2D eigenvalue weighted by molar-refractivity contribution is -0.130. The second-order valence-corrected chi connectivity index (χ2v) is 8.93. The third-order valence-electron chi connectivity index (χ3n) is 5.94. The maximum atomic E-state index is 12.8. The van der Waals surface area contributed by atoms with E-state index >= 15 is 0 Å². The predicted octanol–water partition coefficient (Wildman–Crippen LogP) is 3.45. The van der Waals surface area contributed by atoms with Gasteiger partial charge in [0.2, 0.25) is 11.8 Å². The summed E-state index contributed by atoms with van der Waals surface area (Å²) in [5.74, 6) is -0.190. The first-order valence-electron chi connectivity index (χ1n) is 10.6. The standard InChI is InChI=1S/C24H33N3O2.ClH/c1-17(2)22(23(29)26-16-24(3)10-12-25-13-11-24)27-21(28)15-18-8-9-19-6-4-5-7-20(19)14-18;/h4-9,14,17,22,25H,10-13,15-16H2,1-3H3,(H,26,29)(H,27,28);1H. The van der Waals surface area contributed by atoms with Crippen molar-refractivity contribution in [3.8, 4) is 0 Å². The van der Waals surface area contributed by atoms with E-state index in [1.54, 1.807) is 0 Å². The van der Waals surface area contributed by atoms with Gasteiger partial charge in [-0.1, -0.05) is 63.2 Å². The zero-order valence-corrected chi connectivity index (χ0v) is 19.0. The Bertz CT molecular complexity index is 862. The van der Waals surface area contributed by atoms with Gasteiger partial charge in [-0.05, 0) is 53.6 Å². The highest BCUT2D eigenvalue weighted by Gasteiger charge is 2.30. The number of nitrogens with one attached hydrogen (secondary N) is 3. The Labute approximate surface area is 185 Å². The van der Waals surface area contributed by atoms with Crippen LogP contribution in [0.15, 0.2) is 42.5 Å². The molecule has 1 unspecified atom stereocenters. The third kappa shape index (κ3) is 6.44. The molecule has 2 aromatic carbocycles. The van der Waals surface area contributed by atoms with Crippen LogP contribution in [0.2, 0.25) is 0 Å². The molecule has 0 aliphatic carbocycles. The van der Waals surface area contributed by atoms with Crippen LogP contribution in [0.4, 0.5) is 0 Å². The lowest BCUT2D eigenvalue weighted by atomic mass is 9.81. The van der Waals surface area contributed by atoms with Crippen LogP contribution in [0, 0.1) is 11.3 Å². The van der Waals surface area contributed by atoms with E-state index in [-0.39, 0.29) is 42.0 Å². The van der Waals surface area contributed by atoms with Crippen molar-refractivity contribution in [1.29, 1.82) is 0 Å². The van der Waals surface area contributed by atoms with Gasteiger partial charge in [-0.25, -0.2) is 0 Å². The number of carbonyl (C=O) groups is 2. The van der Waals surface area contributed by atoms with E-state index < -0.39 is 6.04 Å². The number of rotatable bonds is 7. The Morgan fingerprint density at radius 1 is 1.07 bits per heavy atom. The Balaban J connectivity index is 0.00000320. The molecule has 1 aliphatic rings. The van der Waals surface area contributed by atoms with Gasteiger partial charge in [-0.2, -0.15) is 0 Å². The van der Waals surface area contributed by atoms with E-state index in [0.29, 0.717) is 6.54 Å². The van der Waals surface area contributed by atoms with Crippen molar-refractivity contribution in [2.24, 2.45) is 11.3 Å². The van der Waals surface area contributed by atoms with Crippen LogP contribution in [0.3, 0.4) is 0 Å². The largest absolute Gasteiger partial charge is 0.354 e. The molecule has 1 heterocycles. The average Bonchev–Trinajstić information content (AvgIpc) is 2.70. The zero-order chi connectivity index (χ0) is 20.9. The lowest BCUT2D eigenvalue weighted by Crippen LogP contribution is -2.52. The minimum atomic E-state index is -0.520. The van der Waals surface area contributed by atoms with E-state index in [1.807, 2.05) is 50.2 Å². The van der Waals surface area contributed by atoms with Crippen LogP contribution in [0.5, 0.6) is 0 Å². The zero-order valence-electron chi connectivity index (χ0n) is 18.2. The van der Waals surface area contributed by atoms with Crippen LogP contribution < -0.4 is 16.0 Å². The molecule has 1 fully saturated rings. The van der Waals surface area contributed by atoms with E-state index in [1.165, 1.54) is 0 Å². The van der Waals surface area contributed by atoms with Gasteiger partial charge in [-0.15, -0.1) is 12.4 Å². The summed E-state index contributed by atoms with van der Waals surface area (Å²) < 4.78 is 0. The number of hydrogen-bond acceptors (Lipinski definition) is 3. The first-order valence-corrected chi connectivity index (χ1v) is 10.6. The number of amides is 2. The Morgan fingerprint density at radius 3 is 2.40 bits per heavy atom. The van der Waals surface area contributed by atoms with Gasteiger partial charge in [0.05, 0.1) is 6.42 Å². The van der Waals surface area contributed by atoms with Gasteiger partial charge >= 0.3 is 0 Å². The molecule has 3 rings (SSSR count). The fourth-order valence-corrected chi connectivity index (χ4v) is 3.91. The Hall–Kier alpha value is -2.11. The van der Waals surface area contributed by atoms with Crippen LogP contribution in [0.25, 0.3) is 10.8 Å². The number of carbonyl (C=O) groups excluding carboxylic acids is 2. The van der Waals surface area contributed by atoms with Crippen LogP contribution in [0.1, 0.15) is 39.2 Å². The summed E-state index contributed by atoms with van der Waals surface area (Å²) in [6.07, 6.45) is 2.37. The number of fused-ring (bicyclic) bond motifs is 1. The number of hydrogen-bond donors (Lipinski definition) is 3. The molecule has 0 bridgehead atoms. The summed E-state index contributed by atoms with van der Waals surface area (Å²) in [6.45, 7) is 8.78. The predicted molar refractivity (Wildman–Crippen MR) is 125 cm³/mol. The summed E-state index contributed by atoms with van der Waals surface area (Å²) in [7, 11) is 0. The second kappa shape index (κ2) is 10.8. The van der Waals surface area contributed by atoms with Gasteiger partial charge in [-0.3, -0.25) is 9.59 Å². The van der Waals surface area contributed by atoms with Gasteiger partial charge in [0, 0.05) is 6.54 Å². The maximum Gasteiger partial charge on any atom is 0.242 e. The van der Waals surface area contributed by atoms with E-state index in [0.717, 1.165) is 42.3 Å². The summed E-state index contributed by atoms with van der Waals surface area (Å²) >= 11 is 0. The van der Waals surface area contributed by atoms with Gasteiger partial charge in [0.25, 0.3) is 0 Å². The summed E-state index contributed by atoms with van der Waals surface area (Å²) in [5, 5.41) is 11.7. The quantitative estimate of drug-likeness (QED) is 0.628. The maximum absolute atomic E-state index is 12.8. The highest BCUT2D eigenvalue weighted by Crippen LogP contribution is 2.26. The van der Waals surface area contributed by atoms with Crippen LogP contribution in [-0.4, -0.2) is 37.5 Å². The molecule has 0 aromatic heterocycles. The first kappa shape index (κ1) is 24.2. The van der Waals surface area contributed by atoms with Gasteiger partial charge < -0.3 is 16.0 Å². The van der Waals surface area contributed by atoms with Crippen LogP contribution >= 0.6 is 12.4 Å². The van der Waals surface area contributed by atoms with Crippen molar-refractivity contribution in [3.05, 3.63) is 48.0 Å². The Morgan fingerprint density at radius 2 is 1.73 bits per heavy atom. The lowest BCUT2D eigenvalue weighted by Gasteiger charge is -2.35. The molecule has 3 N–H and O–H groups in total. The second-order valence-electron chi connectivity index (χ2n) is 8.93. The molecule has 1 atom stereocenters. The molecule has 5 nitrogen and oxygen atoms in total. The summed E-state index contributed by atoms with van der Waals surface area (Å²) in [5.41, 5.74) is 1.07. The fraction of sp³-hybridized carbons (Fsp3) is 0.500. The summed E-state index contributed by atoms with van der Waals surface area (Å²) in [6, 6.07) is 13.6. The molecule has 1 saturated heterocycles. The van der Waals surface area contributed by atoms with Crippen molar-refractivity contribution < 1.29 is 9.59 Å². The monoisotopic (exact) mass is 431 g/mol. The number of benzene rings is 2. The van der Waals surface area contributed by atoms with E-state index in [2.05, 4.69) is 28.9 Å². The van der Waals surface area contributed by atoms with Crippen molar-refractivity contribution in [2.45, 2.75) is 46.1 Å². The molecule has 0 radical (unpaired) electrons. The highest BCUT2D eigenvalue weighted by atomic mass is 35.5. The SMILES string of the molecule is CC(C)C(NC(=O)Cc1ccc2ccccc2c1)C(=O)NCC1(C)CCNCC1.Cl. The minimum absolute atomic E-state index is 0. The van der Waals surface area contributed by atoms with Crippen molar-refractivity contribution in [3.63, 3.8) is 0 Å². The minimum Gasteiger partial charge on any atom is -0.354 e. The van der Waals surface area contributed by atoms with Crippen molar-refractivity contribution in [1.82, 2.24) is 16.0 Å². The number of halogens is 1. The van der Waals surface area contributed by atoms with Crippen molar-refractivity contribution >= 4 is 35.0 Å². The van der Waals surface area contributed by atoms with E-state index in [4.69, 9.17) is 0 Å². The van der Waals surface area contributed by atoms with Crippen molar-refractivity contribution in [2.75, 3.05) is 19.6 Å². The topological polar surface area (TPSA) is 70.2 Å². The average molecular weight is 432 g/mol. The molecule has 1 aliphatic heterocycles. The van der Waals surface area contributed by atoms with Gasteiger partial charge in [0.15, 0.2) is 0 Å². The molecule has 30 heavy (non-hydrogen) atoms. The molecule has 2 amide bonds. The third-order valence-corrected chi connectivity index (χ3v) is 5.94.